The molecule has 1 fully saturated rings. The largest absolute Gasteiger partial charge is 0.506 e. The molecule has 2 N–H and O–H groups in total. The Morgan fingerprint density at radius 1 is 1.03 bits per heavy atom. The van der Waals surface area contributed by atoms with Crippen LogP contribution in [0, 0.1) is 5.82 Å². The fourth-order valence-electron chi connectivity index (χ4n) is 4.09. The van der Waals surface area contributed by atoms with Crippen LogP contribution in [0.2, 0.25) is 5.02 Å². The van der Waals surface area contributed by atoms with E-state index < -0.39 is 5.82 Å². The number of rotatable bonds is 4. The number of thiocarbonyl (C=S) groups is 1. The van der Waals surface area contributed by atoms with Crippen LogP contribution in [0.4, 0.5) is 10.1 Å². The predicted molar refractivity (Wildman–Crippen MR) is 127 cm³/mol. The highest BCUT2D eigenvalue weighted by Crippen LogP contribution is 2.44. The van der Waals surface area contributed by atoms with Crippen molar-refractivity contribution in [2.45, 2.75) is 12.1 Å². The number of hydrogen-bond acceptors (Lipinski definition) is 3. The van der Waals surface area contributed by atoms with E-state index in [1.807, 2.05) is 58.1 Å². The van der Waals surface area contributed by atoms with Crippen molar-refractivity contribution >= 4 is 34.6 Å². The van der Waals surface area contributed by atoms with Gasteiger partial charge in [-0.3, -0.25) is 4.98 Å². The van der Waals surface area contributed by atoms with E-state index >= 15 is 0 Å². The van der Waals surface area contributed by atoms with Crippen LogP contribution in [0.3, 0.4) is 0 Å². The molecule has 0 radical (unpaired) electrons. The number of nitrogens with zero attached hydrogens (tertiary/aromatic N) is 3. The van der Waals surface area contributed by atoms with Gasteiger partial charge >= 0.3 is 0 Å². The van der Waals surface area contributed by atoms with E-state index in [-0.39, 0.29) is 22.9 Å². The van der Waals surface area contributed by atoms with Crippen molar-refractivity contribution in [2.75, 3.05) is 4.90 Å². The van der Waals surface area contributed by atoms with Gasteiger partial charge < -0.3 is 19.9 Å². The van der Waals surface area contributed by atoms with E-state index in [1.165, 1.54) is 6.07 Å². The molecule has 0 aliphatic carbocycles. The minimum atomic E-state index is -0.477. The Balaban J connectivity index is 1.69. The Labute approximate surface area is 194 Å². The van der Waals surface area contributed by atoms with E-state index in [1.54, 1.807) is 30.5 Å². The number of pyridine rings is 1. The molecule has 2 aromatic carbocycles. The minimum Gasteiger partial charge on any atom is -0.506 e. The molecule has 8 heteroatoms. The Bertz CT molecular complexity index is 1300. The summed E-state index contributed by atoms with van der Waals surface area (Å²) in [4.78, 5) is 6.43. The zero-order valence-electron chi connectivity index (χ0n) is 16.7. The zero-order chi connectivity index (χ0) is 22.2. The van der Waals surface area contributed by atoms with Gasteiger partial charge in [-0.15, -0.1) is 0 Å². The number of halogens is 2. The summed E-state index contributed by atoms with van der Waals surface area (Å²) in [7, 11) is 0. The lowest BCUT2D eigenvalue weighted by Gasteiger charge is -2.29. The normalized spacial score (nSPS) is 18.1. The fourth-order valence-corrected chi connectivity index (χ4v) is 4.60. The number of aromatic nitrogens is 2. The molecule has 0 unspecified atom stereocenters. The summed E-state index contributed by atoms with van der Waals surface area (Å²) < 4.78 is 15.7. The smallest absolute Gasteiger partial charge is 0.174 e. The van der Waals surface area contributed by atoms with Gasteiger partial charge in [-0.05, 0) is 66.8 Å². The molecule has 0 spiro atoms. The number of nitrogens with one attached hydrogen (secondary N) is 1. The molecule has 0 bridgehead atoms. The van der Waals surface area contributed by atoms with E-state index in [0.717, 1.165) is 11.4 Å². The van der Waals surface area contributed by atoms with Crippen LogP contribution in [-0.4, -0.2) is 19.8 Å². The maximum Gasteiger partial charge on any atom is 0.174 e. The van der Waals surface area contributed by atoms with Crippen LogP contribution >= 0.6 is 23.8 Å². The first kappa shape index (κ1) is 20.5. The summed E-state index contributed by atoms with van der Waals surface area (Å²) in [6.07, 6.45) is 3.62. The molecule has 1 saturated heterocycles. The van der Waals surface area contributed by atoms with Gasteiger partial charge in [0.2, 0.25) is 0 Å². The van der Waals surface area contributed by atoms with Gasteiger partial charge in [0.15, 0.2) is 5.11 Å². The second-order valence-electron chi connectivity index (χ2n) is 7.39. The molecule has 2 atom stereocenters. The highest BCUT2D eigenvalue weighted by Gasteiger charge is 2.42. The average molecular weight is 465 g/mol. The quantitative estimate of drug-likeness (QED) is 0.388. The summed E-state index contributed by atoms with van der Waals surface area (Å²) in [5, 5.41) is 14.5. The molecule has 1 aliphatic rings. The number of hydrogen-bond donors (Lipinski definition) is 2. The number of benzene rings is 2. The summed E-state index contributed by atoms with van der Waals surface area (Å²) in [6.45, 7) is 0. The van der Waals surface area contributed by atoms with Gasteiger partial charge in [0, 0.05) is 23.8 Å². The lowest BCUT2D eigenvalue weighted by molar-refractivity contribution is 0.472. The van der Waals surface area contributed by atoms with Crippen molar-refractivity contribution in [3.8, 4) is 11.4 Å². The second kappa shape index (κ2) is 8.26. The third-order valence-corrected chi connectivity index (χ3v) is 6.11. The molecule has 3 heterocycles. The van der Waals surface area contributed by atoms with Crippen molar-refractivity contribution in [1.29, 1.82) is 0 Å². The third kappa shape index (κ3) is 3.49. The van der Waals surface area contributed by atoms with E-state index in [0.29, 0.717) is 16.5 Å². The number of phenolic OH excluding ortho intramolecular Hbond substituents is 1. The molecule has 5 nitrogen and oxygen atoms in total. The average Bonchev–Trinajstić information content (AvgIpc) is 3.41. The molecule has 160 valence electrons. The Hall–Kier alpha value is -3.42. The van der Waals surface area contributed by atoms with Crippen LogP contribution in [0.15, 0.2) is 85.2 Å². The first-order valence-corrected chi connectivity index (χ1v) is 10.7. The predicted octanol–water partition coefficient (Wildman–Crippen LogP) is 5.55. The van der Waals surface area contributed by atoms with E-state index in [9.17, 15) is 9.50 Å². The van der Waals surface area contributed by atoms with E-state index in [2.05, 4.69) is 10.3 Å². The molecular formula is C24H18ClFN4OS. The van der Waals surface area contributed by atoms with Crippen molar-refractivity contribution in [2.24, 2.45) is 0 Å². The number of anilines is 1. The molecule has 32 heavy (non-hydrogen) atoms. The molecule has 4 aromatic rings. The highest BCUT2D eigenvalue weighted by molar-refractivity contribution is 7.80. The summed E-state index contributed by atoms with van der Waals surface area (Å²) >= 11 is 11.8. The Morgan fingerprint density at radius 2 is 1.84 bits per heavy atom. The standard InChI is InChI=1S/C24H18ClFN4OS/c25-16-14-15(10-11-17(16)26)29-13-5-8-20(29)23-22(18-6-3-4-12-27-18)28-24(32)30(23)19-7-1-2-9-21(19)31/h1-14,22-23,31H,(H,28,32)/t22-,23-/m0/s1. The van der Waals surface area contributed by atoms with Crippen molar-refractivity contribution in [1.82, 2.24) is 14.9 Å². The monoisotopic (exact) mass is 464 g/mol. The van der Waals surface area contributed by atoms with Crippen LogP contribution in [0.25, 0.3) is 5.69 Å². The van der Waals surface area contributed by atoms with Gasteiger partial charge in [0.1, 0.15) is 17.6 Å². The summed E-state index contributed by atoms with van der Waals surface area (Å²) in [5.74, 6) is -0.360. The SMILES string of the molecule is Oc1ccccc1N1C(=S)N[C@@H](c2ccccn2)[C@@H]1c1cccn1-c1ccc(F)c(Cl)c1. The maximum atomic E-state index is 13.8. The van der Waals surface area contributed by atoms with Crippen molar-refractivity contribution in [3.63, 3.8) is 0 Å². The van der Waals surface area contributed by atoms with Gasteiger partial charge in [-0.25, -0.2) is 4.39 Å². The third-order valence-electron chi connectivity index (χ3n) is 5.50. The lowest BCUT2D eigenvalue weighted by Crippen LogP contribution is -2.30. The number of phenols is 1. The molecule has 1 aliphatic heterocycles. The van der Waals surface area contributed by atoms with Crippen LogP contribution in [0.1, 0.15) is 23.5 Å². The number of para-hydroxylation sites is 2. The molecule has 2 aromatic heterocycles. The van der Waals surface area contributed by atoms with Crippen molar-refractivity contribution < 1.29 is 9.50 Å². The van der Waals surface area contributed by atoms with Gasteiger partial charge in [0.05, 0.1) is 22.4 Å². The minimum absolute atomic E-state index is 0.0426. The van der Waals surface area contributed by atoms with E-state index in [4.69, 9.17) is 23.8 Å². The van der Waals surface area contributed by atoms with Crippen LogP contribution in [0.5, 0.6) is 5.75 Å². The molecule has 0 saturated carbocycles. The van der Waals surface area contributed by atoms with Gasteiger partial charge in [-0.2, -0.15) is 0 Å². The first-order valence-electron chi connectivity index (χ1n) is 9.96. The van der Waals surface area contributed by atoms with Crippen LogP contribution in [-0.2, 0) is 0 Å². The van der Waals surface area contributed by atoms with Crippen molar-refractivity contribution in [3.05, 3.63) is 107 Å². The van der Waals surface area contributed by atoms with Gasteiger partial charge in [0.25, 0.3) is 0 Å². The lowest BCUT2D eigenvalue weighted by atomic mass is 10.0. The Kier molecular flexibility index (Phi) is 5.28. The number of aromatic hydroxyl groups is 1. The maximum absolute atomic E-state index is 13.8. The zero-order valence-corrected chi connectivity index (χ0v) is 18.3. The first-order chi connectivity index (χ1) is 15.5. The molecular weight excluding hydrogens is 447 g/mol. The molecule has 0 amide bonds. The second-order valence-corrected chi connectivity index (χ2v) is 8.18. The Morgan fingerprint density at radius 3 is 2.59 bits per heavy atom. The van der Waals surface area contributed by atoms with Gasteiger partial charge in [-0.1, -0.05) is 29.8 Å². The molecule has 5 rings (SSSR count). The topological polar surface area (TPSA) is 53.3 Å². The summed E-state index contributed by atoms with van der Waals surface area (Å²) in [6, 6.07) is 20.6. The fraction of sp³-hybridized carbons (Fsp3) is 0.0833. The highest BCUT2D eigenvalue weighted by atomic mass is 35.5. The summed E-state index contributed by atoms with van der Waals surface area (Å²) in [5.41, 5.74) is 2.98. The van der Waals surface area contributed by atoms with Crippen LogP contribution < -0.4 is 10.2 Å².